The lowest BCUT2D eigenvalue weighted by Crippen LogP contribution is -2.43. The van der Waals surface area contributed by atoms with Crippen LogP contribution >= 0.6 is 0 Å². The maximum Gasteiger partial charge on any atom is 0.331 e. The summed E-state index contributed by atoms with van der Waals surface area (Å²) in [6.45, 7) is 14.8. The van der Waals surface area contributed by atoms with Gasteiger partial charge in [-0.3, -0.25) is 14.3 Å². The van der Waals surface area contributed by atoms with Crippen molar-refractivity contribution in [2.45, 2.75) is 57.7 Å². The second kappa shape index (κ2) is 5.55. The third kappa shape index (κ3) is 3.25. The summed E-state index contributed by atoms with van der Waals surface area (Å²) >= 11 is 0. The van der Waals surface area contributed by atoms with E-state index >= 15 is 0 Å². The zero-order valence-electron chi connectivity index (χ0n) is 13.8. The minimum atomic E-state index is -1.95. The molecule has 0 aliphatic carbocycles. The number of hydrogen-bond donors (Lipinski definition) is 1. The summed E-state index contributed by atoms with van der Waals surface area (Å²) in [6.07, 6.45) is 1.22. The third-order valence-electron chi connectivity index (χ3n) is 4.47. The summed E-state index contributed by atoms with van der Waals surface area (Å²) in [5.74, 6) is 0.535. The van der Waals surface area contributed by atoms with Crippen molar-refractivity contribution in [3.05, 3.63) is 45.4 Å². The number of hydrogen-bond acceptors (Lipinski definition) is 4. The van der Waals surface area contributed by atoms with Gasteiger partial charge in [0.05, 0.1) is 0 Å². The van der Waals surface area contributed by atoms with Crippen LogP contribution in [0.15, 0.2) is 34.2 Å². The molecule has 0 saturated carbocycles. The number of aromatic amines is 1. The van der Waals surface area contributed by atoms with Gasteiger partial charge >= 0.3 is 5.69 Å². The monoisotopic (exact) mass is 324 g/mol. The quantitative estimate of drug-likeness (QED) is 0.866. The lowest BCUT2D eigenvalue weighted by Gasteiger charge is -2.38. The summed E-state index contributed by atoms with van der Waals surface area (Å²) in [7, 11) is -1.95. The van der Waals surface area contributed by atoms with Crippen LogP contribution in [-0.4, -0.2) is 24.0 Å². The molecule has 6 nitrogen and oxygen atoms in total. The van der Waals surface area contributed by atoms with Gasteiger partial charge in [-0.2, -0.15) is 0 Å². The number of H-pyrrole nitrogens is 1. The minimum absolute atomic E-state index is 0.0835. The van der Waals surface area contributed by atoms with Gasteiger partial charge in [-0.05, 0) is 18.1 Å². The Morgan fingerprint density at radius 1 is 1.41 bits per heavy atom. The van der Waals surface area contributed by atoms with E-state index in [1.807, 2.05) is 0 Å². The molecule has 7 heteroatoms. The number of aromatic nitrogens is 2. The van der Waals surface area contributed by atoms with Gasteiger partial charge in [0.1, 0.15) is 11.9 Å². The van der Waals surface area contributed by atoms with E-state index < -0.39 is 25.8 Å². The molecule has 0 radical (unpaired) electrons. The van der Waals surface area contributed by atoms with Gasteiger partial charge in [-0.15, -0.1) is 0 Å². The van der Waals surface area contributed by atoms with Gasteiger partial charge in [-0.1, -0.05) is 27.4 Å². The number of ether oxygens (including phenoxy) is 1. The first-order valence-electron chi connectivity index (χ1n) is 7.36. The molecule has 22 heavy (non-hydrogen) atoms. The maximum atomic E-state index is 11.9. The van der Waals surface area contributed by atoms with Crippen LogP contribution < -0.4 is 11.2 Å². The van der Waals surface area contributed by atoms with Crippen LogP contribution in [0.2, 0.25) is 18.1 Å². The van der Waals surface area contributed by atoms with Gasteiger partial charge in [-0.25, -0.2) is 4.79 Å². The Morgan fingerprint density at radius 2 is 2.05 bits per heavy atom. The first-order chi connectivity index (χ1) is 10.0. The summed E-state index contributed by atoms with van der Waals surface area (Å²) in [4.78, 5) is 25.2. The number of nitrogens with one attached hydrogen (secondary N) is 1. The van der Waals surface area contributed by atoms with E-state index in [2.05, 4.69) is 45.4 Å². The van der Waals surface area contributed by atoms with Crippen LogP contribution in [0.1, 0.15) is 33.4 Å². The fraction of sp³-hybridized carbons (Fsp3) is 0.600. The summed E-state index contributed by atoms with van der Waals surface area (Å²) in [5, 5.41) is 0.0835. The van der Waals surface area contributed by atoms with Gasteiger partial charge in [0.2, 0.25) is 0 Å². The van der Waals surface area contributed by atoms with E-state index in [-0.39, 0.29) is 11.1 Å². The van der Waals surface area contributed by atoms with Crippen LogP contribution in [0, 0.1) is 0 Å². The standard InChI is InChI=1S/C15H24N2O4Si/c1-10-11(21-22(5,6)15(2,3)4)9-13(20-10)17-8-7-12(18)16-14(17)19/h7-8,11,13H,1,9H2,2-6H3,(H,16,18,19)/t11?,13-/m1/s1. The Morgan fingerprint density at radius 3 is 2.59 bits per heavy atom. The Balaban J connectivity index is 2.18. The van der Waals surface area contributed by atoms with Crippen molar-refractivity contribution in [3.8, 4) is 0 Å². The van der Waals surface area contributed by atoms with Crippen molar-refractivity contribution < 1.29 is 9.16 Å². The average molecular weight is 324 g/mol. The van der Waals surface area contributed by atoms with E-state index in [0.29, 0.717) is 12.2 Å². The Kier molecular flexibility index (Phi) is 4.23. The molecular formula is C15H24N2O4Si. The molecule has 1 aromatic rings. The Hall–Kier alpha value is -1.60. The summed E-state index contributed by atoms with van der Waals surface area (Å²) in [5.41, 5.74) is -0.912. The SMILES string of the molecule is C=C1O[C@@H](n2ccc(=O)[nH]c2=O)CC1O[Si](C)(C)C(C)(C)C. The molecule has 0 amide bonds. The molecule has 0 aromatic carbocycles. The molecule has 1 aromatic heterocycles. The molecule has 0 spiro atoms. The molecule has 2 heterocycles. The van der Waals surface area contributed by atoms with Gasteiger partial charge < -0.3 is 9.16 Å². The molecule has 2 rings (SSSR count). The van der Waals surface area contributed by atoms with Crippen LogP contribution in [0.5, 0.6) is 0 Å². The van der Waals surface area contributed by atoms with Gasteiger partial charge in [0.15, 0.2) is 14.5 Å². The maximum absolute atomic E-state index is 11.9. The topological polar surface area (TPSA) is 73.3 Å². The average Bonchev–Trinajstić information content (AvgIpc) is 2.68. The molecule has 0 bridgehead atoms. The lowest BCUT2D eigenvalue weighted by molar-refractivity contribution is 0.0935. The fourth-order valence-electron chi connectivity index (χ4n) is 2.08. The van der Waals surface area contributed by atoms with Crippen LogP contribution in [0.4, 0.5) is 0 Å². The van der Waals surface area contributed by atoms with Crippen LogP contribution in [0.25, 0.3) is 0 Å². The molecule has 1 aliphatic heterocycles. The molecular weight excluding hydrogens is 300 g/mol. The zero-order valence-corrected chi connectivity index (χ0v) is 14.8. The fourth-order valence-corrected chi connectivity index (χ4v) is 3.38. The van der Waals surface area contributed by atoms with E-state index in [1.165, 1.54) is 16.8 Å². The predicted octanol–water partition coefficient (Wildman–Crippen LogP) is 2.36. The highest BCUT2D eigenvalue weighted by Crippen LogP contribution is 2.41. The molecule has 1 fully saturated rings. The Bertz CT molecular complexity index is 684. The highest BCUT2D eigenvalue weighted by Gasteiger charge is 2.43. The molecule has 2 atom stereocenters. The predicted molar refractivity (Wildman–Crippen MR) is 87.3 cm³/mol. The molecule has 1 aliphatic rings. The van der Waals surface area contributed by atoms with Crippen molar-refractivity contribution in [2.24, 2.45) is 0 Å². The van der Waals surface area contributed by atoms with Crippen LogP contribution in [-0.2, 0) is 9.16 Å². The highest BCUT2D eigenvalue weighted by molar-refractivity contribution is 6.74. The third-order valence-corrected chi connectivity index (χ3v) is 8.95. The molecule has 1 saturated heterocycles. The van der Waals surface area contributed by atoms with E-state index in [0.717, 1.165) is 0 Å². The molecule has 122 valence electrons. The highest BCUT2D eigenvalue weighted by atomic mass is 28.4. The van der Waals surface area contributed by atoms with Crippen molar-refractivity contribution >= 4 is 8.32 Å². The summed E-state index contributed by atoms with van der Waals surface area (Å²) in [6, 6.07) is 1.30. The van der Waals surface area contributed by atoms with E-state index in [4.69, 9.17) is 9.16 Å². The normalized spacial score (nSPS) is 22.7. The van der Waals surface area contributed by atoms with Crippen molar-refractivity contribution in [3.63, 3.8) is 0 Å². The number of nitrogens with zero attached hydrogens (tertiary/aromatic N) is 1. The Labute approximate surface area is 130 Å². The van der Waals surface area contributed by atoms with Gasteiger partial charge in [0, 0.05) is 18.7 Å². The molecule has 1 N–H and O–H groups in total. The lowest BCUT2D eigenvalue weighted by atomic mass is 10.2. The van der Waals surface area contributed by atoms with E-state index in [1.54, 1.807) is 0 Å². The number of rotatable bonds is 3. The van der Waals surface area contributed by atoms with Crippen LogP contribution in [0.3, 0.4) is 0 Å². The second-order valence-corrected chi connectivity index (χ2v) is 11.9. The van der Waals surface area contributed by atoms with Gasteiger partial charge in [0.25, 0.3) is 5.56 Å². The summed E-state index contributed by atoms with van der Waals surface area (Å²) < 4.78 is 13.4. The van der Waals surface area contributed by atoms with Crippen molar-refractivity contribution in [1.29, 1.82) is 0 Å². The first kappa shape index (κ1) is 16.8. The second-order valence-electron chi connectivity index (χ2n) is 7.16. The minimum Gasteiger partial charge on any atom is -0.472 e. The molecule has 1 unspecified atom stereocenters. The van der Waals surface area contributed by atoms with E-state index in [9.17, 15) is 9.59 Å². The largest absolute Gasteiger partial charge is 0.472 e. The zero-order chi connectivity index (χ0) is 16.7. The van der Waals surface area contributed by atoms with Crippen molar-refractivity contribution in [2.75, 3.05) is 0 Å². The smallest absolute Gasteiger partial charge is 0.331 e. The first-order valence-corrected chi connectivity index (χ1v) is 10.3. The van der Waals surface area contributed by atoms with Crippen molar-refractivity contribution in [1.82, 2.24) is 9.55 Å².